The molecule has 1 aromatic heterocycles. The summed E-state index contributed by atoms with van der Waals surface area (Å²) >= 11 is 0. The maximum absolute atomic E-state index is 12.2. The van der Waals surface area contributed by atoms with Gasteiger partial charge in [0.1, 0.15) is 0 Å². The summed E-state index contributed by atoms with van der Waals surface area (Å²) in [5, 5.41) is 3.01. The molecule has 1 amide bonds. The zero-order valence-electron chi connectivity index (χ0n) is 15.6. The van der Waals surface area contributed by atoms with Crippen LogP contribution < -0.4 is 15.0 Å². The van der Waals surface area contributed by atoms with Gasteiger partial charge in [0.2, 0.25) is 17.7 Å². The van der Waals surface area contributed by atoms with E-state index in [2.05, 4.69) is 20.2 Å². The zero-order valence-corrected chi connectivity index (χ0v) is 15.6. The van der Waals surface area contributed by atoms with E-state index in [0.717, 1.165) is 44.7 Å². The van der Waals surface area contributed by atoms with E-state index < -0.39 is 0 Å². The average molecular weight is 350 g/mol. The Bertz CT molecular complexity index is 545. The van der Waals surface area contributed by atoms with Gasteiger partial charge in [-0.15, -0.1) is 0 Å². The van der Waals surface area contributed by atoms with E-state index in [4.69, 9.17) is 9.47 Å². The number of rotatable bonds is 9. The first-order valence-electron chi connectivity index (χ1n) is 9.23. The summed E-state index contributed by atoms with van der Waals surface area (Å²) in [6.07, 6.45) is 2.49. The van der Waals surface area contributed by atoms with Crippen molar-refractivity contribution in [3.8, 4) is 5.88 Å². The number of carbonyl (C=O) groups is 1. The summed E-state index contributed by atoms with van der Waals surface area (Å²) in [5.41, 5.74) is 0.891. The van der Waals surface area contributed by atoms with Gasteiger partial charge >= 0.3 is 0 Å². The molecule has 1 saturated heterocycles. The van der Waals surface area contributed by atoms with Crippen molar-refractivity contribution < 1.29 is 14.3 Å². The molecular formula is C18H30N4O3. The van der Waals surface area contributed by atoms with Crippen molar-refractivity contribution in [3.05, 3.63) is 11.8 Å². The highest BCUT2D eigenvalue weighted by Gasteiger charge is 2.26. The van der Waals surface area contributed by atoms with Gasteiger partial charge in [0.05, 0.1) is 6.61 Å². The summed E-state index contributed by atoms with van der Waals surface area (Å²) in [5.74, 6) is 1.52. The molecule has 1 N–H and O–H groups in total. The second-order valence-electron chi connectivity index (χ2n) is 6.18. The van der Waals surface area contributed by atoms with E-state index in [1.807, 2.05) is 26.8 Å². The van der Waals surface area contributed by atoms with Crippen LogP contribution in [0.15, 0.2) is 6.07 Å². The van der Waals surface area contributed by atoms with Crippen LogP contribution in [0.1, 0.15) is 38.8 Å². The van der Waals surface area contributed by atoms with Crippen LogP contribution in [-0.4, -0.2) is 55.3 Å². The normalized spacial score (nSPS) is 15.2. The minimum absolute atomic E-state index is 0.0690. The van der Waals surface area contributed by atoms with Crippen LogP contribution in [0.25, 0.3) is 0 Å². The lowest BCUT2D eigenvalue weighted by atomic mass is 9.96. The molecule has 0 spiro atoms. The van der Waals surface area contributed by atoms with Gasteiger partial charge < -0.3 is 19.7 Å². The third kappa shape index (κ3) is 6.16. The highest BCUT2D eigenvalue weighted by Crippen LogP contribution is 2.23. The van der Waals surface area contributed by atoms with Gasteiger partial charge in [-0.25, -0.2) is 4.98 Å². The first kappa shape index (κ1) is 19.4. The number of aromatic nitrogens is 2. The third-order valence-electron chi connectivity index (χ3n) is 4.23. The first-order chi connectivity index (χ1) is 12.1. The quantitative estimate of drug-likeness (QED) is 0.686. The van der Waals surface area contributed by atoms with E-state index >= 15 is 0 Å². The Morgan fingerprint density at radius 1 is 1.28 bits per heavy atom. The molecule has 2 heterocycles. The molecule has 1 aliphatic rings. The fraction of sp³-hybridized carbons (Fsp3) is 0.722. The number of nitrogens with one attached hydrogen (secondary N) is 1. The van der Waals surface area contributed by atoms with Gasteiger partial charge in [-0.05, 0) is 40.0 Å². The maximum Gasteiger partial charge on any atom is 0.228 e. The lowest BCUT2D eigenvalue weighted by Gasteiger charge is -2.31. The van der Waals surface area contributed by atoms with Crippen molar-refractivity contribution in [1.82, 2.24) is 15.3 Å². The highest BCUT2D eigenvalue weighted by atomic mass is 16.5. The van der Waals surface area contributed by atoms with Gasteiger partial charge in [0.15, 0.2) is 0 Å². The Morgan fingerprint density at radius 3 is 2.72 bits per heavy atom. The Balaban J connectivity index is 1.80. The lowest BCUT2D eigenvalue weighted by Crippen LogP contribution is -2.41. The van der Waals surface area contributed by atoms with Crippen LogP contribution in [0.5, 0.6) is 5.88 Å². The Hall–Kier alpha value is -1.89. The summed E-state index contributed by atoms with van der Waals surface area (Å²) in [6, 6.07) is 1.84. The molecule has 0 aliphatic carbocycles. The van der Waals surface area contributed by atoms with Crippen LogP contribution in [-0.2, 0) is 9.53 Å². The summed E-state index contributed by atoms with van der Waals surface area (Å²) in [7, 11) is 0. The van der Waals surface area contributed by atoms with E-state index in [1.165, 1.54) is 0 Å². The molecule has 1 aromatic rings. The number of hydrogen-bond donors (Lipinski definition) is 1. The molecule has 7 heteroatoms. The molecule has 0 bridgehead atoms. The monoisotopic (exact) mass is 350 g/mol. The van der Waals surface area contributed by atoms with Crippen LogP contribution in [0.4, 0.5) is 5.95 Å². The van der Waals surface area contributed by atoms with Gasteiger partial charge in [-0.2, -0.15) is 4.98 Å². The Kier molecular flexibility index (Phi) is 7.91. The number of anilines is 1. The molecule has 2 rings (SSSR count). The Labute approximate surface area is 150 Å². The predicted molar refractivity (Wildman–Crippen MR) is 97.0 cm³/mol. The standard InChI is InChI=1S/C18H30N4O3/c1-4-24-12-6-9-19-17(23)15-7-10-22(11-8-15)18-20-14(3)13-16(21-18)25-5-2/h13,15H,4-12H2,1-3H3,(H,19,23). The number of hydrogen-bond acceptors (Lipinski definition) is 6. The number of amides is 1. The smallest absolute Gasteiger partial charge is 0.228 e. The molecule has 0 aromatic carbocycles. The zero-order chi connectivity index (χ0) is 18.1. The fourth-order valence-electron chi connectivity index (χ4n) is 2.90. The third-order valence-corrected chi connectivity index (χ3v) is 4.23. The first-order valence-corrected chi connectivity index (χ1v) is 9.23. The molecular weight excluding hydrogens is 320 g/mol. The number of ether oxygens (including phenoxy) is 2. The van der Waals surface area contributed by atoms with Crippen molar-refractivity contribution >= 4 is 11.9 Å². The molecule has 25 heavy (non-hydrogen) atoms. The molecule has 0 radical (unpaired) electrons. The van der Waals surface area contributed by atoms with Crippen molar-refractivity contribution in [3.63, 3.8) is 0 Å². The van der Waals surface area contributed by atoms with Crippen molar-refractivity contribution in [2.45, 2.75) is 40.0 Å². The SMILES string of the molecule is CCOCCCNC(=O)C1CCN(c2nc(C)cc(OCC)n2)CC1. The molecule has 0 saturated carbocycles. The van der Waals surface area contributed by atoms with Gasteiger partial charge in [0, 0.05) is 50.5 Å². The van der Waals surface area contributed by atoms with Crippen LogP contribution >= 0.6 is 0 Å². The van der Waals surface area contributed by atoms with E-state index in [1.54, 1.807) is 0 Å². The average Bonchev–Trinajstić information content (AvgIpc) is 2.61. The van der Waals surface area contributed by atoms with Crippen LogP contribution in [0, 0.1) is 12.8 Å². The molecule has 0 unspecified atom stereocenters. The van der Waals surface area contributed by atoms with Gasteiger partial charge in [-0.3, -0.25) is 4.79 Å². The number of nitrogens with zero attached hydrogens (tertiary/aromatic N) is 3. The molecule has 140 valence electrons. The maximum atomic E-state index is 12.2. The summed E-state index contributed by atoms with van der Waals surface area (Å²) in [6.45, 7) is 10.1. The number of piperidine rings is 1. The van der Waals surface area contributed by atoms with Gasteiger partial charge in [-0.1, -0.05) is 0 Å². The Morgan fingerprint density at radius 2 is 2.04 bits per heavy atom. The number of aryl methyl sites for hydroxylation is 1. The van der Waals surface area contributed by atoms with Crippen molar-refractivity contribution in [1.29, 1.82) is 0 Å². The van der Waals surface area contributed by atoms with Crippen LogP contribution in [0.2, 0.25) is 0 Å². The topological polar surface area (TPSA) is 76.6 Å². The summed E-state index contributed by atoms with van der Waals surface area (Å²) in [4.78, 5) is 23.4. The van der Waals surface area contributed by atoms with E-state index in [-0.39, 0.29) is 11.8 Å². The molecule has 1 aliphatic heterocycles. The second-order valence-corrected chi connectivity index (χ2v) is 6.18. The fourth-order valence-corrected chi connectivity index (χ4v) is 2.90. The van der Waals surface area contributed by atoms with E-state index in [0.29, 0.717) is 31.6 Å². The minimum Gasteiger partial charge on any atom is -0.478 e. The highest BCUT2D eigenvalue weighted by molar-refractivity contribution is 5.78. The van der Waals surface area contributed by atoms with Crippen molar-refractivity contribution in [2.24, 2.45) is 5.92 Å². The second kappa shape index (κ2) is 10.2. The van der Waals surface area contributed by atoms with E-state index in [9.17, 15) is 4.79 Å². The molecule has 0 atom stereocenters. The van der Waals surface area contributed by atoms with Gasteiger partial charge in [0.25, 0.3) is 0 Å². The minimum atomic E-state index is 0.0690. The largest absolute Gasteiger partial charge is 0.478 e. The van der Waals surface area contributed by atoms with Crippen molar-refractivity contribution in [2.75, 3.05) is 44.4 Å². The number of carbonyl (C=O) groups excluding carboxylic acids is 1. The molecule has 7 nitrogen and oxygen atoms in total. The summed E-state index contributed by atoms with van der Waals surface area (Å²) < 4.78 is 10.8. The van der Waals surface area contributed by atoms with Crippen LogP contribution in [0.3, 0.4) is 0 Å². The molecule has 1 fully saturated rings. The predicted octanol–water partition coefficient (Wildman–Crippen LogP) is 1.94. The lowest BCUT2D eigenvalue weighted by molar-refractivity contribution is -0.125.